The van der Waals surface area contributed by atoms with Crippen LogP contribution in [0.5, 0.6) is 0 Å². The number of nitrogens with one attached hydrogen (secondary N) is 1. The lowest BCUT2D eigenvalue weighted by Crippen LogP contribution is -1.84. The Morgan fingerprint density at radius 3 is 2.44 bits per heavy atom. The summed E-state index contributed by atoms with van der Waals surface area (Å²) in [6, 6.07) is 1.96. The molecule has 4 heteroatoms. The minimum absolute atomic E-state index is 0.199. The van der Waals surface area contributed by atoms with E-state index in [1.165, 1.54) is 0 Å². The molecule has 0 saturated heterocycles. The lowest BCUT2D eigenvalue weighted by atomic mass is 10.5. The van der Waals surface area contributed by atoms with Crippen molar-refractivity contribution in [2.75, 3.05) is 0 Å². The first-order valence-corrected chi connectivity index (χ1v) is 2.65. The first kappa shape index (κ1) is 6.35. The van der Waals surface area contributed by atoms with E-state index in [2.05, 4.69) is 12.2 Å². The number of halogens is 2. The highest BCUT2D eigenvalue weighted by Crippen LogP contribution is 1.98. The van der Waals surface area contributed by atoms with Crippen molar-refractivity contribution in [2.45, 2.75) is 0 Å². The predicted octanol–water partition coefficient (Wildman–Crippen LogP) is 2.02. The summed E-state index contributed by atoms with van der Waals surface area (Å²) in [6.45, 7) is 0. The van der Waals surface area contributed by atoms with Gasteiger partial charge in [-0.05, 0) is 12.1 Å². The number of rotatable bonds is 0. The summed E-state index contributed by atoms with van der Waals surface area (Å²) in [5.74, 6) is -1.23. The van der Waals surface area contributed by atoms with Crippen LogP contribution in [0, 0.1) is 16.4 Å². The van der Waals surface area contributed by atoms with E-state index < -0.39 is 11.8 Å². The second-order valence-corrected chi connectivity index (χ2v) is 1.89. The second-order valence-electron chi connectivity index (χ2n) is 1.48. The van der Waals surface area contributed by atoms with E-state index >= 15 is 0 Å². The first-order chi connectivity index (χ1) is 4.20. The monoisotopic (exact) mass is 147 g/mol. The Kier molecular flexibility index (Phi) is 1.57. The Hall–Kier alpha value is -0.770. The van der Waals surface area contributed by atoms with Crippen LogP contribution in [0.15, 0.2) is 12.1 Å². The zero-order valence-electron chi connectivity index (χ0n) is 4.32. The highest BCUT2D eigenvalue weighted by atomic mass is 32.1. The minimum atomic E-state index is -0.624. The summed E-state index contributed by atoms with van der Waals surface area (Å²) in [5, 5.41) is 0. The molecular weight excluding hydrogens is 144 g/mol. The van der Waals surface area contributed by atoms with Gasteiger partial charge >= 0.3 is 0 Å². The number of pyridine rings is 1. The molecule has 0 fully saturated rings. The van der Waals surface area contributed by atoms with Crippen LogP contribution in [0.4, 0.5) is 8.78 Å². The van der Waals surface area contributed by atoms with Crippen LogP contribution in [0.1, 0.15) is 0 Å². The van der Waals surface area contributed by atoms with Crippen molar-refractivity contribution in [2.24, 2.45) is 0 Å². The van der Waals surface area contributed by atoms with Crippen molar-refractivity contribution >= 4 is 12.2 Å². The Morgan fingerprint density at radius 2 is 2.00 bits per heavy atom. The molecule has 0 amide bonds. The molecule has 1 aromatic rings. The van der Waals surface area contributed by atoms with E-state index in [-0.39, 0.29) is 4.64 Å². The third-order valence-corrected chi connectivity index (χ3v) is 1.12. The van der Waals surface area contributed by atoms with Crippen LogP contribution in [0.3, 0.4) is 0 Å². The van der Waals surface area contributed by atoms with Crippen LogP contribution in [0.2, 0.25) is 0 Å². The Morgan fingerprint density at radius 1 is 1.33 bits per heavy atom. The van der Waals surface area contributed by atoms with E-state index in [1.54, 1.807) is 0 Å². The lowest BCUT2D eigenvalue weighted by molar-refractivity contribution is 0.555. The highest BCUT2D eigenvalue weighted by Gasteiger charge is 1.92. The largest absolute Gasteiger partial charge is 0.321 e. The molecule has 1 heterocycles. The summed E-state index contributed by atoms with van der Waals surface area (Å²) in [6.07, 6.45) is 0. The standard InChI is InChI=1S/C5H3F2NS/c6-3-1-2-4(7)8-5(3)9/h1-2H,(H,8,9). The molecule has 0 aliphatic carbocycles. The molecule has 0 spiro atoms. The molecule has 0 aliphatic rings. The maximum Gasteiger partial charge on any atom is 0.192 e. The maximum atomic E-state index is 12.2. The molecule has 1 N–H and O–H groups in total. The molecule has 0 bridgehead atoms. The number of aromatic nitrogens is 1. The fourth-order valence-corrected chi connectivity index (χ4v) is 0.597. The molecule has 0 unspecified atom stereocenters. The average Bonchev–Trinajstić information content (AvgIpc) is 1.80. The molecule has 9 heavy (non-hydrogen) atoms. The molecule has 0 aromatic carbocycles. The molecule has 48 valence electrons. The van der Waals surface area contributed by atoms with Gasteiger partial charge in [0.2, 0.25) is 0 Å². The molecule has 1 rings (SSSR count). The van der Waals surface area contributed by atoms with Crippen molar-refractivity contribution in [1.29, 1.82) is 0 Å². The number of aromatic amines is 1. The van der Waals surface area contributed by atoms with Gasteiger partial charge < -0.3 is 4.98 Å². The van der Waals surface area contributed by atoms with Gasteiger partial charge in [0.1, 0.15) is 4.64 Å². The summed E-state index contributed by atoms with van der Waals surface area (Å²) in [7, 11) is 0. The van der Waals surface area contributed by atoms with Gasteiger partial charge in [-0.15, -0.1) is 0 Å². The van der Waals surface area contributed by atoms with Crippen LogP contribution in [-0.4, -0.2) is 4.98 Å². The normalized spacial score (nSPS) is 9.56. The minimum Gasteiger partial charge on any atom is -0.321 e. The number of H-pyrrole nitrogens is 1. The average molecular weight is 147 g/mol. The highest BCUT2D eigenvalue weighted by molar-refractivity contribution is 7.71. The summed E-state index contributed by atoms with van der Waals surface area (Å²) >= 11 is 4.37. The quantitative estimate of drug-likeness (QED) is 0.438. The van der Waals surface area contributed by atoms with Crippen LogP contribution in [-0.2, 0) is 0 Å². The smallest absolute Gasteiger partial charge is 0.192 e. The maximum absolute atomic E-state index is 12.2. The van der Waals surface area contributed by atoms with E-state index in [0.29, 0.717) is 0 Å². The molecule has 0 radical (unpaired) electrons. The van der Waals surface area contributed by atoms with E-state index in [0.717, 1.165) is 12.1 Å². The van der Waals surface area contributed by atoms with Crippen molar-refractivity contribution in [3.8, 4) is 0 Å². The molecule has 1 nitrogen and oxygen atoms in total. The first-order valence-electron chi connectivity index (χ1n) is 2.24. The number of hydrogen-bond acceptors (Lipinski definition) is 1. The molecule has 1 aromatic heterocycles. The van der Waals surface area contributed by atoms with Gasteiger partial charge in [0.05, 0.1) is 0 Å². The van der Waals surface area contributed by atoms with E-state index in [4.69, 9.17) is 0 Å². The van der Waals surface area contributed by atoms with Gasteiger partial charge in [-0.1, -0.05) is 12.2 Å². The zero-order chi connectivity index (χ0) is 6.85. The summed E-state index contributed by atoms with van der Waals surface area (Å²) < 4.78 is 24.1. The number of hydrogen-bond donors (Lipinski definition) is 1. The predicted molar refractivity (Wildman–Crippen MR) is 31.5 cm³/mol. The third kappa shape index (κ3) is 1.32. The zero-order valence-corrected chi connectivity index (χ0v) is 5.14. The molecule has 0 saturated carbocycles. The van der Waals surface area contributed by atoms with Crippen LogP contribution >= 0.6 is 12.2 Å². The topological polar surface area (TPSA) is 15.8 Å². The summed E-state index contributed by atoms with van der Waals surface area (Å²) in [4.78, 5) is 2.01. The van der Waals surface area contributed by atoms with Gasteiger partial charge in [0, 0.05) is 0 Å². The third-order valence-electron chi connectivity index (χ3n) is 0.826. The van der Waals surface area contributed by atoms with Crippen LogP contribution < -0.4 is 0 Å². The molecule has 0 atom stereocenters. The fraction of sp³-hybridized carbons (Fsp3) is 0. The van der Waals surface area contributed by atoms with E-state index in [1.807, 2.05) is 4.98 Å². The molecule has 0 aliphatic heterocycles. The van der Waals surface area contributed by atoms with Gasteiger partial charge in [-0.25, -0.2) is 4.39 Å². The second kappa shape index (κ2) is 2.23. The van der Waals surface area contributed by atoms with E-state index in [9.17, 15) is 8.78 Å². The van der Waals surface area contributed by atoms with Crippen molar-refractivity contribution < 1.29 is 8.78 Å². The Labute approximate surface area is 55.3 Å². The van der Waals surface area contributed by atoms with Gasteiger partial charge in [-0.3, -0.25) is 0 Å². The SMILES string of the molecule is Fc1ccc(F)c(=S)[nH]1. The Bertz CT molecular complexity index is 268. The van der Waals surface area contributed by atoms with Gasteiger partial charge in [0.15, 0.2) is 11.8 Å². The van der Waals surface area contributed by atoms with Crippen molar-refractivity contribution in [3.63, 3.8) is 0 Å². The Balaban J connectivity index is 3.34. The van der Waals surface area contributed by atoms with Crippen molar-refractivity contribution in [3.05, 3.63) is 28.5 Å². The van der Waals surface area contributed by atoms with Gasteiger partial charge in [-0.2, -0.15) is 4.39 Å². The van der Waals surface area contributed by atoms with Gasteiger partial charge in [0.25, 0.3) is 0 Å². The van der Waals surface area contributed by atoms with Crippen molar-refractivity contribution in [1.82, 2.24) is 4.98 Å². The fourth-order valence-electron chi connectivity index (χ4n) is 0.432. The summed E-state index contributed by atoms with van der Waals surface area (Å²) in [5.41, 5.74) is 0. The molecular formula is C5H3F2NS. The van der Waals surface area contributed by atoms with Crippen LogP contribution in [0.25, 0.3) is 0 Å². The lowest BCUT2D eigenvalue weighted by Gasteiger charge is -1.87.